The fourth-order valence-corrected chi connectivity index (χ4v) is 2.89. The maximum atomic E-state index is 12.1. The van der Waals surface area contributed by atoms with E-state index in [2.05, 4.69) is 18.2 Å². The van der Waals surface area contributed by atoms with Crippen LogP contribution in [0.5, 0.6) is 5.75 Å². The van der Waals surface area contributed by atoms with Crippen LogP contribution in [0, 0.1) is 0 Å². The number of rotatable bonds is 0. The summed E-state index contributed by atoms with van der Waals surface area (Å²) in [6.07, 6.45) is 3.91. The summed E-state index contributed by atoms with van der Waals surface area (Å²) in [5, 5.41) is 9.96. The topological polar surface area (TPSA) is 67.5 Å². The minimum atomic E-state index is -0.726. The molecular formula is C18H18O4. The molecule has 2 aromatic rings. The number of aromatic hydroxyl groups is 1. The monoisotopic (exact) mass is 298 g/mol. The van der Waals surface area contributed by atoms with Crippen LogP contribution in [-0.2, 0) is 19.3 Å². The van der Waals surface area contributed by atoms with E-state index in [-0.39, 0.29) is 23.5 Å². The maximum Gasteiger partial charge on any atom is 0.350 e. The van der Waals surface area contributed by atoms with Gasteiger partial charge in [-0.3, -0.25) is 4.79 Å². The first-order valence-electron chi connectivity index (χ1n) is 7.60. The molecule has 0 radical (unpaired) electrons. The molecule has 4 rings (SSSR count). The van der Waals surface area contributed by atoms with Crippen LogP contribution in [0.2, 0.25) is 0 Å². The van der Waals surface area contributed by atoms with E-state index < -0.39 is 5.63 Å². The van der Waals surface area contributed by atoms with Crippen molar-refractivity contribution < 1.29 is 14.3 Å². The van der Waals surface area contributed by atoms with E-state index in [0.29, 0.717) is 18.6 Å². The number of hydrogen-bond donors (Lipinski definition) is 1. The summed E-state index contributed by atoms with van der Waals surface area (Å²) in [5.41, 5.74) is 1.50. The van der Waals surface area contributed by atoms with Gasteiger partial charge in [-0.2, -0.15) is 0 Å². The number of carbonyl (C=O) groups excluding carboxylic acids is 1. The zero-order chi connectivity index (χ0) is 15.5. The highest BCUT2D eigenvalue weighted by molar-refractivity contribution is 5.98. The highest BCUT2D eigenvalue weighted by atomic mass is 16.4. The van der Waals surface area contributed by atoms with Gasteiger partial charge in [0.2, 0.25) is 0 Å². The summed E-state index contributed by atoms with van der Waals surface area (Å²) in [7, 11) is 0. The SMILES string of the molecule is O=C1CCCc2cccc(c2)CCCc2cc(O)c1c(=O)o2. The van der Waals surface area contributed by atoms with E-state index in [1.807, 2.05) is 6.07 Å². The molecule has 0 spiro atoms. The van der Waals surface area contributed by atoms with Crippen molar-refractivity contribution >= 4 is 5.78 Å². The molecule has 114 valence electrons. The number of hydrogen-bond acceptors (Lipinski definition) is 4. The van der Waals surface area contributed by atoms with Crippen LogP contribution < -0.4 is 5.63 Å². The predicted molar refractivity (Wildman–Crippen MR) is 82.4 cm³/mol. The first-order valence-corrected chi connectivity index (χ1v) is 7.60. The van der Waals surface area contributed by atoms with Gasteiger partial charge in [-0.05, 0) is 36.8 Å². The van der Waals surface area contributed by atoms with Crippen LogP contribution in [0.25, 0.3) is 0 Å². The fraction of sp³-hybridized carbons (Fsp3) is 0.333. The van der Waals surface area contributed by atoms with Gasteiger partial charge in [0, 0.05) is 18.9 Å². The molecule has 0 saturated carbocycles. The molecule has 0 fully saturated rings. The molecule has 0 amide bonds. The lowest BCUT2D eigenvalue weighted by molar-refractivity contribution is 0.0973. The van der Waals surface area contributed by atoms with Gasteiger partial charge in [0.25, 0.3) is 0 Å². The van der Waals surface area contributed by atoms with E-state index in [4.69, 9.17) is 4.42 Å². The largest absolute Gasteiger partial charge is 0.507 e. The van der Waals surface area contributed by atoms with Gasteiger partial charge in [0.1, 0.15) is 17.1 Å². The Morgan fingerprint density at radius 1 is 0.909 bits per heavy atom. The molecule has 2 heterocycles. The number of carbonyl (C=O) groups is 1. The Labute approximate surface area is 128 Å². The van der Waals surface area contributed by atoms with Crippen LogP contribution in [0.3, 0.4) is 0 Å². The van der Waals surface area contributed by atoms with E-state index in [0.717, 1.165) is 19.3 Å². The molecule has 4 bridgehead atoms. The summed E-state index contributed by atoms with van der Waals surface area (Å²) in [4.78, 5) is 24.1. The molecular weight excluding hydrogens is 280 g/mol. The first kappa shape index (κ1) is 14.6. The average Bonchev–Trinajstić information content (AvgIpc) is 2.46. The Balaban J connectivity index is 1.95. The Kier molecular flexibility index (Phi) is 4.09. The number of fused-ring (bicyclic) bond motifs is 7. The fourth-order valence-electron chi connectivity index (χ4n) is 2.89. The zero-order valence-corrected chi connectivity index (χ0v) is 12.3. The van der Waals surface area contributed by atoms with Gasteiger partial charge >= 0.3 is 5.63 Å². The highest BCUT2D eigenvalue weighted by Gasteiger charge is 2.19. The molecule has 1 aromatic heterocycles. The van der Waals surface area contributed by atoms with Crippen molar-refractivity contribution in [1.29, 1.82) is 0 Å². The quantitative estimate of drug-likeness (QED) is 0.811. The lowest BCUT2D eigenvalue weighted by atomic mass is 9.98. The molecule has 0 atom stereocenters. The van der Waals surface area contributed by atoms with Gasteiger partial charge in [0.15, 0.2) is 5.78 Å². The van der Waals surface area contributed by atoms with Gasteiger partial charge in [-0.15, -0.1) is 0 Å². The number of aryl methyl sites for hydroxylation is 3. The molecule has 22 heavy (non-hydrogen) atoms. The van der Waals surface area contributed by atoms with Crippen molar-refractivity contribution in [3.8, 4) is 5.75 Å². The van der Waals surface area contributed by atoms with Crippen molar-refractivity contribution in [2.45, 2.75) is 38.5 Å². The van der Waals surface area contributed by atoms with Crippen LogP contribution in [0.15, 0.2) is 39.5 Å². The molecule has 2 aliphatic rings. The van der Waals surface area contributed by atoms with Gasteiger partial charge < -0.3 is 9.52 Å². The Hall–Kier alpha value is -2.36. The highest BCUT2D eigenvalue weighted by Crippen LogP contribution is 2.20. The van der Waals surface area contributed by atoms with Crippen LogP contribution in [0.1, 0.15) is 46.5 Å². The van der Waals surface area contributed by atoms with Gasteiger partial charge in [-0.1, -0.05) is 24.3 Å². The van der Waals surface area contributed by atoms with E-state index in [1.54, 1.807) is 0 Å². The zero-order valence-electron chi connectivity index (χ0n) is 12.3. The van der Waals surface area contributed by atoms with Crippen LogP contribution in [0.4, 0.5) is 0 Å². The van der Waals surface area contributed by atoms with E-state index >= 15 is 0 Å². The first-order chi connectivity index (χ1) is 10.6. The molecule has 0 saturated heterocycles. The lowest BCUT2D eigenvalue weighted by Gasteiger charge is -2.09. The second-order valence-corrected chi connectivity index (χ2v) is 5.71. The maximum absolute atomic E-state index is 12.1. The molecule has 1 aromatic carbocycles. The minimum Gasteiger partial charge on any atom is -0.507 e. The van der Waals surface area contributed by atoms with Crippen molar-refractivity contribution in [2.24, 2.45) is 0 Å². The standard InChI is InChI=1S/C18H18O4/c19-15-9-3-7-13-5-1-4-12(10-13)6-2-8-14-11-16(20)17(15)18(21)22-14/h1,4-5,10-11,20H,2-3,6-9H2. The smallest absolute Gasteiger partial charge is 0.350 e. The number of Topliss-reactive ketones (excluding diaryl/α,β-unsaturated/α-hetero) is 1. The molecule has 4 heteroatoms. The van der Waals surface area contributed by atoms with Crippen molar-refractivity contribution in [3.63, 3.8) is 0 Å². The van der Waals surface area contributed by atoms with Crippen molar-refractivity contribution in [3.05, 3.63) is 63.2 Å². The Morgan fingerprint density at radius 2 is 1.59 bits per heavy atom. The minimum absolute atomic E-state index is 0.213. The summed E-state index contributed by atoms with van der Waals surface area (Å²) < 4.78 is 5.17. The van der Waals surface area contributed by atoms with Crippen molar-refractivity contribution in [2.75, 3.05) is 0 Å². The molecule has 4 nitrogen and oxygen atoms in total. The average molecular weight is 298 g/mol. The van der Waals surface area contributed by atoms with E-state index in [9.17, 15) is 14.7 Å². The Morgan fingerprint density at radius 3 is 2.27 bits per heavy atom. The second kappa shape index (κ2) is 6.18. The number of ketones is 1. The summed E-state index contributed by atoms with van der Waals surface area (Å²) in [5.74, 6) is -0.190. The normalized spacial score (nSPS) is 15.5. The predicted octanol–water partition coefficient (Wildman–Crippen LogP) is 3.04. The van der Waals surface area contributed by atoms with Crippen molar-refractivity contribution in [1.82, 2.24) is 0 Å². The van der Waals surface area contributed by atoms with E-state index in [1.165, 1.54) is 17.2 Å². The molecule has 1 aliphatic heterocycles. The molecule has 1 N–H and O–H groups in total. The van der Waals surface area contributed by atoms with Gasteiger partial charge in [-0.25, -0.2) is 4.79 Å². The summed E-state index contributed by atoms with van der Waals surface area (Å²) in [6.45, 7) is 0. The van der Waals surface area contributed by atoms with Gasteiger partial charge in [0.05, 0.1) is 0 Å². The molecule has 1 aliphatic carbocycles. The third kappa shape index (κ3) is 3.11. The van der Waals surface area contributed by atoms with Crippen LogP contribution in [-0.4, -0.2) is 10.9 Å². The Bertz CT molecular complexity index is 758. The van der Waals surface area contributed by atoms with Crippen LogP contribution >= 0.6 is 0 Å². The number of benzene rings is 1. The summed E-state index contributed by atoms with van der Waals surface area (Å²) in [6, 6.07) is 9.75. The lowest BCUT2D eigenvalue weighted by Crippen LogP contribution is -2.15. The third-order valence-electron chi connectivity index (χ3n) is 4.01. The second-order valence-electron chi connectivity index (χ2n) is 5.71. The molecule has 0 unspecified atom stereocenters. The summed E-state index contributed by atoms with van der Waals surface area (Å²) >= 11 is 0. The third-order valence-corrected chi connectivity index (χ3v) is 4.01.